The molecule has 0 radical (unpaired) electrons. The molecule has 0 fully saturated rings. The summed E-state index contributed by atoms with van der Waals surface area (Å²) < 4.78 is 9.71. The van der Waals surface area contributed by atoms with E-state index in [-0.39, 0.29) is 0 Å². The maximum Gasteiger partial charge on any atom is 0.164 e. The molecule has 0 unspecified atom stereocenters. The SMILES string of the molecule is c1ccc(-c2cc(-c3ccc4ccc(-n5c6ccccc6c6c7c8ccccc8n(-c8ccc9ccccc9c8)c7ccc65)cc4c3)nc(-c3ccccc3)n2)cc1.c1ccc(-c2nc(-c3ccccc3)nc(-c3ccc4ccc(-n5c6ccccc6c6c7c8ccccc8n(-c8ccc9ccccc9c8)c7ccc65)cc4c3)n2)cc1. The van der Waals surface area contributed by atoms with Gasteiger partial charge in [-0.15, -0.1) is 0 Å². The summed E-state index contributed by atoms with van der Waals surface area (Å²) in [7, 11) is 0. The molecule has 0 aliphatic carbocycles. The summed E-state index contributed by atoms with van der Waals surface area (Å²) in [5.74, 6) is 2.65. The summed E-state index contributed by atoms with van der Waals surface area (Å²) >= 11 is 0. The van der Waals surface area contributed by atoms with Crippen LogP contribution in [0.15, 0.2) is 406 Å². The fraction of sp³-hybridized carbons (Fsp3) is 0. The van der Waals surface area contributed by atoms with E-state index in [2.05, 4.69) is 340 Å². The molecular formula is C107H67N9. The Labute approximate surface area is 666 Å². The third-order valence-electron chi connectivity index (χ3n) is 23.2. The zero-order valence-corrected chi connectivity index (χ0v) is 62.7. The maximum absolute atomic E-state index is 5.13. The van der Waals surface area contributed by atoms with Crippen molar-refractivity contribution in [3.8, 4) is 90.8 Å². The molecular weight excluding hydrogens is 1410 g/mol. The molecule has 0 bridgehead atoms. The Morgan fingerprint density at radius 2 is 0.405 bits per heavy atom. The van der Waals surface area contributed by atoms with Gasteiger partial charge in [-0.25, -0.2) is 24.9 Å². The van der Waals surface area contributed by atoms with Crippen molar-refractivity contribution in [1.82, 2.24) is 43.2 Å². The van der Waals surface area contributed by atoms with Gasteiger partial charge in [0.25, 0.3) is 0 Å². The molecule has 6 heterocycles. The van der Waals surface area contributed by atoms with Gasteiger partial charge >= 0.3 is 0 Å². The Bertz CT molecular complexity index is 7490. The van der Waals surface area contributed by atoms with Crippen molar-refractivity contribution in [2.75, 3.05) is 0 Å². The van der Waals surface area contributed by atoms with Crippen LogP contribution < -0.4 is 0 Å². The van der Waals surface area contributed by atoms with E-state index in [1.54, 1.807) is 0 Å². The molecule has 0 saturated carbocycles. The van der Waals surface area contributed by atoms with Gasteiger partial charge in [0.05, 0.1) is 55.5 Å². The van der Waals surface area contributed by atoms with Gasteiger partial charge in [0.1, 0.15) is 0 Å². The first-order valence-corrected chi connectivity index (χ1v) is 39.4. The molecule has 9 nitrogen and oxygen atoms in total. The minimum Gasteiger partial charge on any atom is -0.309 e. The molecule has 24 rings (SSSR count). The number of rotatable bonds is 10. The molecule has 9 heteroatoms. The topological polar surface area (TPSA) is 84.2 Å². The standard InChI is InChI=1S/C54H34N4.C53H33N5/c1-3-14-37(15-4-1)46-34-47(56-54(55-46)38-16-5-2-6-17-38)40-24-23-36-26-28-43(33-41(36)31-40)58-49-22-12-10-20-45(49)53-51(58)30-29-50-52(53)44-19-9-11-21-48(44)57(50)42-27-25-35-13-7-8-18-39(35)32-42;1-3-14-36(15-4-1)51-54-52(37-16-5-2-6-17-37)56-53(55-51)39-24-23-35-26-28-42(33-40(35)31-39)58-46-22-12-10-20-44(46)50-48(58)30-29-47-49(50)43-19-9-11-21-45(43)57(47)41-27-25-34-13-7-8-18-38(34)32-41/h1-34H;1-33H. The quantitative estimate of drug-likeness (QED) is 0.136. The van der Waals surface area contributed by atoms with Crippen molar-refractivity contribution in [2.45, 2.75) is 0 Å². The first-order chi connectivity index (χ1) is 57.5. The van der Waals surface area contributed by atoms with Crippen LogP contribution in [0.2, 0.25) is 0 Å². The smallest absolute Gasteiger partial charge is 0.164 e. The zero-order chi connectivity index (χ0) is 76.3. The highest BCUT2D eigenvalue weighted by atomic mass is 15.0. The number of hydrogen-bond donors (Lipinski definition) is 0. The lowest BCUT2D eigenvalue weighted by Crippen LogP contribution is -2.00. The van der Waals surface area contributed by atoms with Gasteiger partial charge < -0.3 is 18.3 Å². The number of nitrogens with zero attached hydrogens (tertiary/aromatic N) is 9. The van der Waals surface area contributed by atoms with E-state index in [9.17, 15) is 0 Å². The summed E-state index contributed by atoms with van der Waals surface area (Å²) in [6.45, 7) is 0. The summed E-state index contributed by atoms with van der Waals surface area (Å²) in [6.07, 6.45) is 0. The van der Waals surface area contributed by atoms with E-state index in [4.69, 9.17) is 24.9 Å². The Balaban J connectivity index is 0.000000137. The van der Waals surface area contributed by atoms with E-state index >= 15 is 0 Å². The van der Waals surface area contributed by atoms with E-state index in [1.807, 2.05) is 84.9 Å². The maximum atomic E-state index is 5.13. The summed E-state index contributed by atoms with van der Waals surface area (Å²) in [4.78, 5) is 25.1. The normalized spacial score (nSPS) is 11.8. The minimum absolute atomic E-state index is 0.641. The highest BCUT2D eigenvalue weighted by Gasteiger charge is 2.25. The van der Waals surface area contributed by atoms with Gasteiger partial charge in [-0.1, -0.05) is 291 Å². The van der Waals surface area contributed by atoms with Gasteiger partial charge in [0.15, 0.2) is 23.3 Å². The van der Waals surface area contributed by atoms with Gasteiger partial charge in [-0.05, 0) is 158 Å². The number of benzene rings is 18. The number of hydrogen-bond acceptors (Lipinski definition) is 5. The molecule has 0 aliphatic heterocycles. The van der Waals surface area contributed by atoms with Crippen molar-refractivity contribution in [2.24, 2.45) is 0 Å². The average molecular weight is 1480 g/mol. The Hall–Kier alpha value is -15.7. The second kappa shape index (κ2) is 27.1. The van der Waals surface area contributed by atoms with Crippen molar-refractivity contribution in [1.29, 1.82) is 0 Å². The molecule has 24 aromatic rings. The van der Waals surface area contributed by atoms with Crippen LogP contribution in [-0.4, -0.2) is 43.2 Å². The molecule has 0 saturated heterocycles. The predicted octanol–water partition coefficient (Wildman–Crippen LogP) is 27.4. The van der Waals surface area contributed by atoms with Crippen LogP contribution in [0.1, 0.15) is 0 Å². The molecule has 0 aliphatic rings. The molecule has 0 spiro atoms. The van der Waals surface area contributed by atoms with Gasteiger partial charge in [-0.2, -0.15) is 0 Å². The van der Waals surface area contributed by atoms with E-state index in [0.717, 1.165) is 83.7 Å². The summed E-state index contributed by atoms with van der Waals surface area (Å²) in [5.41, 5.74) is 21.7. The third kappa shape index (κ3) is 11.0. The minimum atomic E-state index is 0.641. The molecule has 0 atom stereocenters. The average Bonchev–Trinajstić information content (AvgIpc) is 1.55. The first-order valence-electron chi connectivity index (χ1n) is 39.4. The zero-order valence-electron chi connectivity index (χ0n) is 62.7. The van der Waals surface area contributed by atoms with Crippen LogP contribution in [-0.2, 0) is 0 Å². The number of fused-ring (bicyclic) bond motifs is 18. The lowest BCUT2D eigenvalue weighted by Gasteiger charge is -2.12. The van der Waals surface area contributed by atoms with Crippen LogP contribution >= 0.6 is 0 Å². The second-order valence-corrected chi connectivity index (χ2v) is 29.9. The van der Waals surface area contributed by atoms with Crippen LogP contribution in [0.5, 0.6) is 0 Å². The van der Waals surface area contributed by atoms with Crippen LogP contribution in [0.3, 0.4) is 0 Å². The Morgan fingerprint density at radius 3 is 0.776 bits per heavy atom. The van der Waals surface area contributed by atoms with Crippen LogP contribution in [0, 0.1) is 0 Å². The van der Waals surface area contributed by atoms with Crippen molar-refractivity contribution in [3.05, 3.63) is 406 Å². The highest BCUT2D eigenvalue weighted by Crippen LogP contribution is 2.46. The molecule has 18 aromatic carbocycles. The second-order valence-electron chi connectivity index (χ2n) is 29.9. The lowest BCUT2D eigenvalue weighted by atomic mass is 10.0. The van der Waals surface area contributed by atoms with Crippen LogP contribution in [0.4, 0.5) is 0 Å². The van der Waals surface area contributed by atoms with Crippen molar-refractivity contribution < 1.29 is 0 Å². The summed E-state index contributed by atoms with van der Waals surface area (Å²) in [6, 6.07) is 145. The fourth-order valence-electron chi connectivity index (χ4n) is 17.8. The monoisotopic (exact) mass is 1480 g/mol. The van der Waals surface area contributed by atoms with E-state index < -0.39 is 0 Å². The lowest BCUT2D eigenvalue weighted by molar-refractivity contribution is 1.07. The fourth-order valence-corrected chi connectivity index (χ4v) is 17.8. The van der Waals surface area contributed by atoms with Gasteiger partial charge in [-0.3, -0.25) is 0 Å². The van der Waals surface area contributed by atoms with Gasteiger partial charge in [0.2, 0.25) is 0 Å². The largest absolute Gasteiger partial charge is 0.309 e. The van der Waals surface area contributed by atoms with E-state index in [0.29, 0.717) is 23.3 Å². The molecule has 116 heavy (non-hydrogen) atoms. The van der Waals surface area contributed by atoms with Gasteiger partial charge in [0, 0.05) is 99.2 Å². The first kappa shape index (κ1) is 66.1. The Morgan fingerprint density at radius 1 is 0.147 bits per heavy atom. The third-order valence-corrected chi connectivity index (χ3v) is 23.2. The number of aromatic nitrogens is 9. The molecule has 0 N–H and O–H groups in total. The summed E-state index contributed by atoms with van der Waals surface area (Å²) in [5, 5.41) is 19.5. The highest BCUT2D eigenvalue weighted by molar-refractivity contribution is 6.30. The Kier molecular flexibility index (Phi) is 15.4. The van der Waals surface area contributed by atoms with Crippen molar-refractivity contribution in [3.63, 3.8) is 0 Å². The molecule has 6 aromatic heterocycles. The molecule has 540 valence electrons. The predicted molar refractivity (Wildman–Crippen MR) is 482 cm³/mol. The molecule has 0 amide bonds. The van der Waals surface area contributed by atoms with Crippen molar-refractivity contribution >= 4 is 130 Å². The van der Waals surface area contributed by atoms with E-state index in [1.165, 1.54) is 114 Å². The van der Waals surface area contributed by atoms with Crippen LogP contribution in [0.25, 0.3) is 221 Å². The number of para-hydroxylation sites is 4.